The molecule has 2 amide bonds. The molecule has 2 aliphatic rings. The second-order valence-corrected chi connectivity index (χ2v) is 7.99. The average molecular weight is 410 g/mol. The Bertz CT molecular complexity index is 976. The fourth-order valence-electron chi connectivity index (χ4n) is 4.56. The van der Waals surface area contributed by atoms with Crippen molar-refractivity contribution in [3.63, 3.8) is 0 Å². The Hall–Kier alpha value is -3.02. The molecule has 2 aromatic rings. The molecule has 1 unspecified atom stereocenters. The summed E-state index contributed by atoms with van der Waals surface area (Å²) >= 11 is 0. The summed E-state index contributed by atoms with van der Waals surface area (Å²) in [5.41, 5.74) is 1.24. The van der Waals surface area contributed by atoms with E-state index in [9.17, 15) is 18.4 Å². The van der Waals surface area contributed by atoms with Crippen LogP contribution < -0.4 is 5.32 Å². The molecule has 4 atom stereocenters. The van der Waals surface area contributed by atoms with E-state index in [0.29, 0.717) is 13.0 Å². The average Bonchev–Trinajstić information content (AvgIpc) is 2.76. The number of anilines is 1. The molecule has 0 bridgehead atoms. The number of halogens is 2. The predicted molar refractivity (Wildman–Crippen MR) is 110 cm³/mol. The van der Waals surface area contributed by atoms with Gasteiger partial charge in [-0.2, -0.15) is 0 Å². The minimum atomic E-state index is -1.02. The van der Waals surface area contributed by atoms with E-state index in [4.69, 9.17) is 0 Å². The number of nitrogens with one attached hydrogen (secondary N) is 1. The van der Waals surface area contributed by atoms with E-state index in [-0.39, 0.29) is 29.5 Å². The lowest BCUT2D eigenvalue weighted by Gasteiger charge is -2.44. The molecule has 1 aliphatic carbocycles. The summed E-state index contributed by atoms with van der Waals surface area (Å²) in [5, 5.41) is 2.66. The fraction of sp³-hybridized carbons (Fsp3) is 0.333. The lowest BCUT2D eigenvalue weighted by atomic mass is 9.71. The second-order valence-electron chi connectivity index (χ2n) is 7.99. The predicted octanol–water partition coefficient (Wildman–Crippen LogP) is 4.71. The molecule has 1 aliphatic heterocycles. The van der Waals surface area contributed by atoms with Crippen LogP contribution in [0.2, 0.25) is 0 Å². The van der Waals surface area contributed by atoms with Crippen molar-refractivity contribution >= 4 is 17.5 Å². The van der Waals surface area contributed by atoms with Crippen LogP contribution in [0.3, 0.4) is 0 Å². The number of piperidine rings is 1. The fourth-order valence-corrected chi connectivity index (χ4v) is 4.56. The highest BCUT2D eigenvalue weighted by molar-refractivity contribution is 5.96. The van der Waals surface area contributed by atoms with Crippen molar-refractivity contribution in [1.29, 1.82) is 0 Å². The maximum absolute atomic E-state index is 13.5. The first-order chi connectivity index (χ1) is 14.5. The van der Waals surface area contributed by atoms with Crippen LogP contribution in [0.15, 0.2) is 60.7 Å². The van der Waals surface area contributed by atoms with Gasteiger partial charge < -0.3 is 10.2 Å². The van der Waals surface area contributed by atoms with Gasteiger partial charge in [-0.25, -0.2) is 8.78 Å². The van der Waals surface area contributed by atoms with Crippen molar-refractivity contribution in [3.8, 4) is 0 Å². The Balaban J connectivity index is 1.54. The van der Waals surface area contributed by atoms with Gasteiger partial charge in [0.1, 0.15) is 0 Å². The molecule has 0 spiro atoms. The van der Waals surface area contributed by atoms with Gasteiger partial charge >= 0.3 is 0 Å². The zero-order chi connectivity index (χ0) is 21.3. The standard InChI is InChI=1S/C24H24F2N2O2/c1-15(16-6-3-2-4-7-16)28-13-12-17-8-5-9-19(22(17)24(28)30)23(29)27-18-10-11-20(25)21(26)14-18/h2-8,10-11,14-15,17,19,22H,9,12-13H2,1H3,(H,27,29)/t15?,17-,19-,22+/m1/s1. The molecule has 156 valence electrons. The van der Waals surface area contributed by atoms with Gasteiger partial charge in [0, 0.05) is 18.3 Å². The number of hydrogen-bond donors (Lipinski definition) is 1. The quantitative estimate of drug-likeness (QED) is 0.743. The van der Waals surface area contributed by atoms with E-state index in [0.717, 1.165) is 24.1 Å². The van der Waals surface area contributed by atoms with Crippen molar-refractivity contribution in [2.24, 2.45) is 17.8 Å². The van der Waals surface area contributed by atoms with Gasteiger partial charge in [0.2, 0.25) is 11.8 Å². The molecule has 0 radical (unpaired) electrons. The second kappa shape index (κ2) is 8.38. The van der Waals surface area contributed by atoms with Crippen molar-refractivity contribution in [2.75, 3.05) is 11.9 Å². The molecule has 4 rings (SSSR count). The topological polar surface area (TPSA) is 49.4 Å². The number of carbonyl (C=O) groups is 2. The lowest BCUT2D eigenvalue weighted by molar-refractivity contribution is -0.148. The molecule has 1 fully saturated rings. The van der Waals surface area contributed by atoms with Crippen molar-refractivity contribution < 1.29 is 18.4 Å². The Morgan fingerprint density at radius 1 is 1.13 bits per heavy atom. The van der Waals surface area contributed by atoms with Crippen LogP contribution in [0.1, 0.15) is 31.4 Å². The normalized spacial score (nSPS) is 24.3. The van der Waals surface area contributed by atoms with Gasteiger partial charge in [0.05, 0.1) is 17.9 Å². The Labute approximate surface area is 174 Å². The van der Waals surface area contributed by atoms with Gasteiger partial charge in [-0.15, -0.1) is 0 Å². The smallest absolute Gasteiger partial charge is 0.228 e. The van der Waals surface area contributed by atoms with E-state index in [1.807, 2.05) is 54.3 Å². The third-order valence-electron chi connectivity index (χ3n) is 6.21. The molecule has 1 saturated heterocycles. The lowest BCUT2D eigenvalue weighted by Crippen LogP contribution is -2.51. The molecule has 1 heterocycles. The molecule has 2 aromatic carbocycles. The molecule has 6 heteroatoms. The Morgan fingerprint density at radius 3 is 2.63 bits per heavy atom. The van der Waals surface area contributed by atoms with Crippen molar-refractivity contribution in [1.82, 2.24) is 4.90 Å². The van der Waals surface area contributed by atoms with E-state index < -0.39 is 23.5 Å². The van der Waals surface area contributed by atoms with Crippen LogP contribution in [-0.4, -0.2) is 23.3 Å². The van der Waals surface area contributed by atoms with Crippen LogP contribution in [0.25, 0.3) is 0 Å². The highest BCUT2D eigenvalue weighted by Gasteiger charge is 2.45. The molecule has 4 nitrogen and oxygen atoms in total. The summed E-state index contributed by atoms with van der Waals surface area (Å²) < 4.78 is 26.7. The van der Waals surface area contributed by atoms with Crippen LogP contribution in [0, 0.1) is 29.4 Å². The summed E-state index contributed by atoms with van der Waals surface area (Å²) in [7, 11) is 0. The largest absolute Gasteiger partial charge is 0.336 e. The van der Waals surface area contributed by atoms with Gasteiger partial charge in [-0.1, -0.05) is 42.5 Å². The summed E-state index contributed by atoms with van der Waals surface area (Å²) in [4.78, 5) is 28.3. The molecule has 30 heavy (non-hydrogen) atoms. The summed E-state index contributed by atoms with van der Waals surface area (Å²) in [6.07, 6.45) is 5.21. The first-order valence-corrected chi connectivity index (χ1v) is 10.2. The van der Waals surface area contributed by atoms with Crippen LogP contribution in [0.4, 0.5) is 14.5 Å². The van der Waals surface area contributed by atoms with Gasteiger partial charge in [-0.05, 0) is 43.4 Å². The highest BCUT2D eigenvalue weighted by Crippen LogP contribution is 2.40. The van der Waals surface area contributed by atoms with E-state index >= 15 is 0 Å². The molecular formula is C24H24F2N2O2. The summed E-state index contributed by atoms with van der Waals surface area (Å²) in [5.74, 6) is -3.37. The Kier molecular flexibility index (Phi) is 5.66. The maximum Gasteiger partial charge on any atom is 0.228 e. The zero-order valence-electron chi connectivity index (χ0n) is 16.7. The maximum atomic E-state index is 13.5. The molecule has 0 aromatic heterocycles. The SMILES string of the molecule is CC(c1ccccc1)N1CC[C@H]2C=CC[C@@H](C(=O)Nc3ccc(F)c(F)c3)[C@H]2C1=O. The first-order valence-electron chi connectivity index (χ1n) is 10.2. The third kappa shape index (κ3) is 3.86. The summed E-state index contributed by atoms with van der Waals surface area (Å²) in [6, 6.07) is 13.0. The van der Waals surface area contributed by atoms with E-state index in [1.165, 1.54) is 6.07 Å². The minimum Gasteiger partial charge on any atom is -0.336 e. The third-order valence-corrected chi connectivity index (χ3v) is 6.21. The van der Waals surface area contributed by atoms with Crippen LogP contribution in [0.5, 0.6) is 0 Å². The van der Waals surface area contributed by atoms with Crippen molar-refractivity contribution in [2.45, 2.75) is 25.8 Å². The number of rotatable bonds is 4. The van der Waals surface area contributed by atoms with Gasteiger partial charge in [0.25, 0.3) is 0 Å². The number of allylic oxidation sites excluding steroid dienone is 2. The number of nitrogens with zero attached hydrogens (tertiary/aromatic N) is 1. The Morgan fingerprint density at radius 2 is 1.90 bits per heavy atom. The monoisotopic (exact) mass is 410 g/mol. The molecule has 1 N–H and O–H groups in total. The van der Waals surface area contributed by atoms with Gasteiger partial charge in [0.15, 0.2) is 11.6 Å². The van der Waals surface area contributed by atoms with Crippen molar-refractivity contribution in [3.05, 3.63) is 77.9 Å². The van der Waals surface area contributed by atoms with E-state index in [1.54, 1.807) is 0 Å². The van der Waals surface area contributed by atoms with Gasteiger partial charge in [-0.3, -0.25) is 9.59 Å². The summed E-state index contributed by atoms with van der Waals surface area (Å²) in [6.45, 7) is 2.64. The number of benzene rings is 2. The van der Waals surface area contributed by atoms with Crippen LogP contribution >= 0.6 is 0 Å². The number of likely N-dealkylation sites (tertiary alicyclic amines) is 1. The zero-order valence-corrected chi connectivity index (χ0v) is 16.7. The van der Waals surface area contributed by atoms with E-state index in [2.05, 4.69) is 5.32 Å². The molecule has 0 saturated carbocycles. The number of fused-ring (bicyclic) bond motifs is 1. The highest BCUT2D eigenvalue weighted by atomic mass is 19.2. The number of carbonyl (C=O) groups excluding carboxylic acids is 2. The molecular weight excluding hydrogens is 386 g/mol. The first kappa shape index (κ1) is 20.3. The number of amides is 2. The minimum absolute atomic E-state index is 0.00572. The van der Waals surface area contributed by atoms with Crippen LogP contribution in [-0.2, 0) is 9.59 Å². The number of hydrogen-bond acceptors (Lipinski definition) is 2.